The minimum Gasteiger partial charge on any atom is -0.384 e. The van der Waals surface area contributed by atoms with E-state index >= 15 is 0 Å². The monoisotopic (exact) mass is 217 g/mol. The molecule has 0 bridgehead atoms. The topological polar surface area (TPSA) is 57.9 Å². The van der Waals surface area contributed by atoms with Crippen LogP contribution in [0.15, 0.2) is 18.5 Å². The quantitative estimate of drug-likeness (QED) is 0.838. The van der Waals surface area contributed by atoms with Gasteiger partial charge in [0, 0.05) is 25.5 Å². The maximum absolute atomic E-state index is 8.90. The predicted octanol–water partition coefficient (Wildman–Crippen LogP) is 1.79. The minimum atomic E-state index is 0.549. The molecule has 1 aliphatic heterocycles. The first-order chi connectivity index (χ1) is 7.90. The van der Waals surface area contributed by atoms with Crippen LogP contribution in [0, 0.1) is 17.2 Å². The van der Waals surface area contributed by atoms with Crippen LogP contribution in [0.2, 0.25) is 0 Å². The number of rotatable bonds is 3. The molecule has 84 valence electrons. The van der Waals surface area contributed by atoms with Gasteiger partial charge < -0.3 is 10.1 Å². The first-order valence-corrected chi connectivity index (χ1v) is 5.56. The molecule has 1 saturated heterocycles. The second kappa shape index (κ2) is 5.47. The lowest BCUT2D eigenvalue weighted by Gasteiger charge is -2.22. The van der Waals surface area contributed by atoms with Gasteiger partial charge in [0.1, 0.15) is 6.07 Å². The van der Waals surface area contributed by atoms with Crippen LogP contribution in [0.25, 0.3) is 0 Å². The molecule has 0 radical (unpaired) electrons. The van der Waals surface area contributed by atoms with Gasteiger partial charge in [-0.15, -0.1) is 0 Å². The fourth-order valence-corrected chi connectivity index (χ4v) is 1.86. The Kier molecular flexibility index (Phi) is 3.73. The molecule has 0 amide bonds. The number of anilines is 1. The molecular formula is C12H15N3O. The lowest BCUT2D eigenvalue weighted by molar-refractivity contribution is 0.0595. The molecule has 4 heteroatoms. The van der Waals surface area contributed by atoms with Crippen LogP contribution >= 0.6 is 0 Å². The summed E-state index contributed by atoms with van der Waals surface area (Å²) in [6.07, 6.45) is 5.61. The largest absolute Gasteiger partial charge is 0.384 e. The number of pyridine rings is 1. The van der Waals surface area contributed by atoms with Gasteiger partial charge in [-0.2, -0.15) is 5.26 Å². The van der Waals surface area contributed by atoms with Crippen molar-refractivity contribution in [2.45, 2.75) is 12.8 Å². The average molecular weight is 217 g/mol. The Morgan fingerprint density at radius 3 is 3.31 bits per heavy atom. The highest BCUT2D eigenvalue weighted by atomic mass is 16.5. The molecule has 2 rings (SSSR count). The first kappa shape index (κ1) is 10.9. The molecule has 1 N–H and O–H groups in total. The minimum absolute atomic E-state index is 0.549. The predicted molar refractivity (Wildman–Crippen MR) is 61.0 cm³/mol. The summed E-state index contributed by atoms with van der Waals surface area (Å²) in [4.78, 5) is 3.92. The molecule has 0 aromatic carbocycles. The Balaban J connectivity index is 1.91. The fourth-order valence-electron chi connectivity index (χ4n) is 1.86. The second-order valence-corrected chi connectivity index (χ2v) is 4.00. The average Bonchev–Trinajstić information content (AvgIpc) is 2.38. The van der Waals surface area contributed by atoms with E-state index in [0.29, 0.717) is 11.5 Å². The van der Waals surface area contributed by atoms with Crippen LogP contribution in [0.4, 0.5) is 5.69 Å². The third-order valence-corrected chi connectivity index (χ3v) is 2.78. The zero-order chi connectivity index (χ0) is 11.2. The molecule has 16 heavy (non-hydrogen) atoms. The standard InChI is InChI=1S/C12H15N3O/c13-6-11-8-14-4-3-12(11)15-7-10-2-1-5-16-9-10/h3-4,8,10H,1-2,5,7,9H2,(H,14,15). The van der Waals surface area contributed by atoms with Crippen LogP contribution in [-0.4, -0.2) is 24.7 Å². The normalized spacial score (nSPS) is 20.1. The van der Waals surface area contributed by atoms with Crippen molar-refractivity contribution >= 4 is 5.69 Å². The van der Waals surface area contributed by atoms with Crippen molar-refractivity contribution < 1.29 is 4.74 Å². The van der Waals surface area contributed by atoms with Gasteiger partial charge in [-0.05, 0) is 24.8 Å². The Bertz CT molecular complexity index is 380. The van der Waals surface area contributed by atoms with Crippen LogP contribution in [0.5, 0.6) is 0 Å². The van der Waals surface area contributed by atoms with Crippen LogP contribution in [0.3, 0.4) is 0 Å². The third kappa shape index (κ3) is 2.71. The second-order valence-electron chi connectivity index (χ2n) is 4.00. The molecule has 4 nitrogen and oxygen atoms in total. The molecular weight excluding hydrogens is 202 g/mol. The van der Waals surface area contributed by atoms with E-state index < -0.39 is 0 Å². The molecule has 1 atom stereocenters. The van der Waals surface area contributed by atoms with Gasteiger partial charge in [-0.1, -0.05) is 0 Å². The molecule has 1 aromatic heterocycles. The smallest absolute Gasteiger partial charge is 0.103 e. The maximum Gasteiger partial charge on any atom is 0.103 e. The van der Waals surface area contributed by atoms with E-state index in [0.717, 1.165) is 31.9 Å². The molecule has 1 aromatic rings. The molecule has 1 unspecified atom stereocenters. The van der Waals surface area contributed by atoms with Crippen molar-refractivity contribution in [2.24, 2.45) is 5.92 Å². The van der Waals surface area contributed by atoms with E-state index in [1.54, 1.807) is 12.4 Å². The molecule has 0 saturated carbocycles. The van der Waals surface area contributed by atoms with E-state index in [1.807, 2.05) is 6.07 Å². The van der Waals surface area contributed by atoms with E-state index in [2.05, 4.69) is 16.4 Å². The molecule has 0 spiro atoms. The van der Waals surface area contributed by atoms with Gasteiger partial charge in [0.2, 0.25) is 0 Å². The number of aromatic nitrogens is 1. The van der Waals surface area contributed by atoms with Gasteiger partial charge in [0.25, 0.3) is 0 Å². The number of nitrogens with one attached hydrogen (secondary N) is 1. The van der Waals surface area contributed by atoms with E-state index in [-0.39, 0.29) is 0 Å². The lowest BCUT2D eigenvalue weighted by atomic mass is 10.0. The van der Waals surface area contributed by atoms with Crippen molar-refractivity contribution in [3.63, 3.8) is 0 Å². The van der Waals surface area contributed by atoms with Gasteiger partial charge in [0.05, 0.1) is 17.9 Å². The molecule has 1 aliphatic rings. The van der Waals surface area contributed by atoms with Crippen molar-refractivity contribution in [3.05, 3.63) is 24.0 Å². The van der Waals surface area contributed by atoms with Crippen LogP contribution in [0.1, 0.15) is 18.4 Å². The number of ether oxygens (including phenoxy) is 1. The summed E-state index contributed by atoms with van der Waals surface area (Å²) in [5, 5.41) is 12.2. The van der Waals surface area contributed by atoms with Gasteiger partial charge in [0.15, 0.2) is 0 Å². The number of nitrogens with zero attached hydrogens (tertiary/aromatic N) is 2. The first-order valence-electron chi connectivity index (χ1n) is 5.56. The van der Waals surface area contributed by atoms with Gasteiger partial charge in [-0.25, -0.2) is 0 Å². The van der Waals surface area contributed by atoms with Crippen molar-refractivity contribution in [1.29, 1.82) is 5.26 Å². The molecule has 0 aliphatic carbocycles. The third-order valence-electron chi connectivity index (χ3n) is 2.78. The van der Waals surface area contributed by atoms with Gasteiger partial charge in [-0.3, -0.25) is 4.98 Å². The molecule has 1 fully saturated rings. The van der Waals surface area contributed by atoms with Crippen LogP contribution in [-0.2, 0) is 4.74 Å². The van der Waals surface area contributed by atoms with E-state index in [1.165, 1.54) is 6.42 Å². The van der Waals surface area contributed by atoms with E-state index in [4.69, 9.17) is 10.00 Å². The zero-order valence-corrected chi connectivity index (χ0v) is 9.15. The Hall–Kier alpha value is -1.60. The van der Waals surface area contributed by atoms with E-state index in [9.17, 15) is 0 Å². The highest BCUT2D eigenvalue weighted by molar-refractivity contribution is 5.55. The Morgan fingerprint density at radius 1 is 1.62 bits per heavy atom. The number of nitriles is 1. The summed E-state index contributed by atoms with van der Waals surface area (Å²) < 4.78 is 5.41. The number of hydrogen-bond donors (Lipinski definition) is 1. The lowest BCUT2D eigenvalue weighted by Crippen LogP contribution is -2.24. The summed E-state index contributed by atoms with van der Waals surface area (Å²) in [5.74, 6) is 0.549. The SMILES string of the molecule is N#Cc1cnccc1NCC1CCCOC1. The fraction of sp³-hybridized carbons (Fsp3) is 0.500. The van der Waals surface area contributed by atoms with Crippen LogP contribution < -0.4 is 5.32 Å². The van der Waals surface area contributed by atoms with Crippen molar-refractivity contribution in [1.82, 2.24) is 4.98 Å². The number of hydrogen-bond acceptors (Lipinski definition) is 4. The Labute approximate surface area is 95.3 Å². The maximum atomic E-state index is 8.90. The summed E-state index contributed by atoms with van der Waals surface area (Å²) in [6.45, 7) is 2.56. The highest BCUT2D eigenvalue weighted by Crippen LogP contribution is 2.17. The zero-order valence-electron chi connectivity index (χ0n) is 9.15. The van der Waals surface area contributed by atoms with Gasteiger partial charge >= 0.3 is 0 Å². The Morgan fingerprint density at radius 2 is 2.56 bits per heavy atom. The summed E-state index contributed by atoms with van der Waals surface area (Å²) in [7, 11) is 0. The highest BCUT2D eigenvalue weighted by Gasteiger charge is 2.13. The summed E-state index contributed by atoms with van der Waals surface area (Å²) >= 11 is 0. The summed E-state index contributed by atoms with van der Waals surface area (Å²) in [6, 6.07) is 3.96. The summed E-state index contributed by atoms with van der Waals surface area (Å²) in [5.41, 5.74) is 1.46. The van der Waals surface area contributed by atoms with Crippen molar-refractivity contribution in [3.8, 4) is 6.07 Å². The molecule has 2 heterocycles. The van der Waals surface area contributed by atoms with Crippen molar-refractivity contribution in [2.75, 3.05) is 25.1 Å².